The van der Waals surface area contributed by atoms with E-state index in [1.165, 1.54) is 6.08 Å². The van der Waals surface area contributed by atoms with Gasteiger partial charge < -0.3 is 14.8 Å². The highest BCUT2D eigenvalue weighted by Gasteiger charge is 2.12. The molecule has 0 radical (unpaired) electrons. The molecule has 26 heavy (non-hydrogen) atoms. The largest absolute Gasteiger partial charge is 0.454 e. The Morgan fingerprint density at radius 3 is 2.88 bits per heavy atom. The van der Waals surface area contributed by atoms with E-state index in [1.807, 2.05) is 48.5 Å². The van der Waals surface area contributed by atoms with E-state index < -0.39 is 0 Å². The summed E-state index contributed by atoms with van der Waals surface area (Å²) in [6, 6.07) is 15.0. The first kappa shape index (κ1) is 15.8. The first-order valence-electron chi connectivity index (χ1n) is 7.98. The highest BCUT2D eigenvalue weighted by Crippen LogP contribution is 2.32. The number of ether oxygens (including phenoxy) is 2. The first-order chi connectivity index (χ1) is 12.8. The molecule has 0 fully saturated rings. The SMILES string of the molecule is O=C(/C=C/c1ccc2c(c1)OCO2)NCc1nnnn1-c1ccccc1. The maximum absolute atomic E-state index is 12.1. The second-order valence-electron chi connectivity index (χ2n) is 5.51. The van der Waals surface area contributed by atoms with Gasteiger partial charge in [-0.3, -0.25) is 4.79 Å². The summed E-state index contributed by atoms with van der Waals surface area (Å²) in [5.41, 5.74) is 1.68. The van der Waals surface area contributed by atoms with Crippen LogP contribution >= 0.6 is 0 Å². The van der Waals surface area contributed by atoms with E-state index >= 15 is 0 Å². The van der Waals surface area contributed by atoms with Gasteiger partial charge in [0.25, 0.3) is 0 Å². The van der Waals surface area contributed by atoms with Gasteiger partial charge in [0.15, 0.2) is 17.3 Å². The molecule has 0 aliphatic carbocycles. The Morgan fingerprint density at radius 1 is 1.15 bits per heavy atom. The number of para-hydroxylation sites is 1. The summed E-state index contributed by atoms with van der Waals surface area (Å²) in [4.78, 5) is 12.1. The average Bonchev–Trinajstić information content (AvgIpc) is 3.34. The summed E-state index contributed by atoms with van der Waals surface area (Å²) in [5.74, 6) is 1.68. The molecule has 8 heteroatoms. The van der Waals surface area contributed by atoms with Gasteiger partial charge in [0, 0.05) is 6.08 Å². The molecule has 0 bridgehead atoms. The molecule has 130 valence electrons. The van der Waals surface area contributed by atoms with E-state index in [9.17, 15) is 4.79 Å². The predicted octanol–water partition coefficient (Wildman–Crippen LogP) is 1.72. The molecular weight excluding hydrogens is 334 g/mol. The number of aromatic nitrogens is 4. The van der Waals surface area contributed by atoms with Crippen LogP contribution in [0.5, 0.6) is 11.5 Å². The van der Waals surface area contributed by atoms with Crippen LogP contribution < -0.4 is 14.8 Å². The predicted molar refractivity (Wildman–Crippen MR) is 92.6 cm³/mol. The number of amides is 1. The minimum Gasteiger partial charge on any atom is -0.454 e. The van der Waals surface area contributed by atoms with Crippen LogP contribution in [-0.4, -0.2) is 32.9 Å². The number of benzene rings is 2. The Hall–Kier alpha value is -3.68. The minimum absolute atomic E-state index is 0.214. The molecule has 0 saturated heterocycles. The van der Waals surface area contributed by atoms with Crippen molar-refractivity contribution in [3.63, 3.8) is 0 Å². The number of hydrogen-bond donors (Lipinski definition) is 1. The van der Waals surface area contributed by atoms with Crippen molar-refractivity contribution in [1.29, 1.82) is 0 Å². The van der Waals surface area contributed by atoms with Crippen molar-refractivity contribution in [3.8, 4) is 17.2 Å². The van der Waals surface area contributed by atoms with Gasteiger partial charge in [-0.25, -0.2) is 0 Å². The maximum Gasteiger partial charge on any atom is 0.244 e. The second-order valence-corrected chi connectivity index (χ2v) is 5.51. The van der Waals surface area contributed by atoms with Gasteiger partial charge in [-0.2, -0.15) is 4.68 Å². The van der Waals surface area contributed by atoms with Crippen molar-refractivity contribution in [2.24, 2.45) is 0 Å². The van der Waals surface area contributed by atoms with Gasteiger partial charge >= 0.3 is 0 Å². The smallest absolute Gasteiger partial charge is 0.244 e. The molecule has 0 unspecified atom stereocenters. The minimum atomic E-state index is -0.245. The molecule has 1 aliphatic heterocycles. The van der Waals surface area contributed by atoms with E-state index in [2.05, 4.69) is 20.8 Å². The van der Waals surface area contributed by atoms with Gasteiger partial charge in [-0.1, -0.05) is 24.3 Å². The van der Waals surface area contributed by atoms with E-state index in [0.29, 0.717) is 17.3 Å². The van der Waals surface area contributed by atoms with Crippen molar-refractivity contribution in [2.75, 3.05) is 6.79 Å². The zero-order valence-electron chi connectivity index (χ0n) is 13.7. The third-order valence-corrected chi connectivity index (χ3v) is 3.78. The Labute approximate surface area is 149 Å². The van der Waals surface area contributed by atoms with E-state index in [4.69, 9.17) is 9.47 Å². The van der Waals surface area contributed by atoms with Crippen LogP contribution in [0.2, 0.25) is 0 Å². The number of rotatable bonds is 5. The Bertz CT molecular complexity index is 952. The standard InChI is InChI=1S/C18H15N5O3/c24-18(9-7-13-6-8-15-16(10-13)26-12-25-15)19-11-17-20-21-22-23(17)14-4-2-1-3-5-14/h1-10H,11-12H2,(H,19,24)/b9-7+. The number of fused-ring (bicyclic) bond motifs is 1. The number of tetrazole rings is 1. The fraction of sp³-hybridized carbons (Fsp3) is 0.111. The molecule has 1 aliphatic rings. The lowest BCUT2D eigenvalue weighted by atomic mass is 10.2. The van der Waals surface area contributed by atoms with E-state index in [-0.39, 0.29) is 19.2 Å². The molecular formula is C18H15N5O3. The van der Waals surface area contributed by atoms with Crippen molar-refractivity contribution in [3.05, 3.63) is 66.0 Å². The summed E-state index contributed by atoms with van der Waals surface area (Å²) in [6.07, 6.45) is 3.16. The van der Waals surface area contributed by atoms with Crippen molar-refractivity contribution in [2.45, 2.75) is 6.54 Å². The number of carbonyl (C=O) groups is 1. The molecule has 8 nitrogen and oxygen atoms in total. The summed E-state index contributed by atoms with van der Waals surface area (Å²) >= 11 is 0. The highest BCUT2D eigenvalue weighted by atomic mass is 16.7. The summed E-state index contributed by atoms with van der Waals surface area (Å²) in [5, 5.41) is 14.4. The Morgan fingerprint density at radius 2 is 2.00 bits per heavy atom. The normalized spacial score (nSPS) is 12.5. The lowest BCUT2D eigenvalue weighted by molar-refractivity contribution is -0.116. The molecule has 1 aromatic heterocycles. The fourth-order valence-corrected chi connectivity index (χ4v) is 2.50. The van der Waals surface area contributed by atoms with Gasteiger partial charge in [-0.15, -0.1) is 5.10 Å². The van der Waals surface area contributed by atoms with Crippen LogP contribution in [-0.2, 0) is 11.3 Å². The quantitative estimate of drug-likeness (QED) is 0.705. The summed E-state index contributed by atoms with van der Waals surface area (Å²) < 4.78 is 12.2. The summed E-state index contributed by atoms with van der Waals surface area (Å²) in [6.45, 7) is 0.436. The Kier molecular flexibility index (Phi) is 4.29. The van der Waals surface area contributed by atoms with Gasteiger partial charge in [0.2, 0.25) is 12.7 Å². The van der Waals surface area contributed by atoms with Crippen molar-refractivity contribution < 1.29 is 14.3 Å². The molecule has 0 saturated carbocycles. The van der Waals surface area contributed by atoms with Crippen LogP contribution in [0.1, 0.15) is 11.4 Å². The molecule has 4 rings (SSSR count). The monoisotopic (exact) mass is 349 g/mol. The lowest BCUT2D eigenvalue weighted by Gasteiger charge is -2.04. The third kappa shape index (κ3) is 3.39. The lowest BCUT2D eigenvalue weighted by Crippen LogP contribution is -2.22. The maximum atomic E-state index is 12.1. The number of nitrogens with zero attached hydrogens (tertiary/aromatic N) is 4. The number of carbonyl (C=O) groups excluding carboxylic acids is 1. The van der Waals surface area contributed by atoms with Gasteiger partial charge in [0.05, 0.1) is 12.2 Å². The fourth-order valence-electron chi connectivity index (χ4n) is 2.50. The van der Waals surface area contributed by atoms with Crippen LogP contribution in [0.3, 0.4) is 0 Å². The molecule has 1 N–H and O–H groups in total. The summed E-state index contributed by atoms with van der Waals surface area (Å²) in [7, 11) is 0. The molecule has 3 aromatic rings. The topological polar surface area (TPSA) is 91.2 Å². The molecule has 2 aromatic carbocycles. The Balaban J connectivity index is 1.38. The second kappa shape index (κ2) is 7.06. The van der Waals surface area contributed by atoms with Crippen LogP contribution in [0.4, 0.5) is 0 Å². The first-order valence-corrected chi connectivity index (χ1v) is 7.98. The van der Waals surface area contributed by atoms with Crippen LogP contribution in [0, 0.1) is 0 Å². The highest BCUT2D eigenvalue weighted by molar-refractivity contribution is 5.91. The van der Waals surface area contributed by atoms with Crippen LogP contribution in [0.25, 0.3) is 11.8 Å². The average molecular weight is 349 g/mol. The van der Waals surface area contributed by atoms with Crippen LogP contribution in [0.15, 0.2) is 54.6 Å². The van der Waals surface area contributed by atoms with E-state index in [0.717, 1.165) is 11.3 Å². The molecule has 0 atom stereocenters. The van der Waals surface area contributed by atoms with Crippen molar-refractivity contribution >= 4 is 12.0 Å². The van der Waals surface area contributed by atoms with Gasteiger partial charge in [-0.05, 0) is 46.3 Å². The number of hydrogen-bond acceptors (Lipinski definition) is 6. The zero-order valence-corrected chi connectivity index (χ0v) is 13.7. The zero-order chi connectivity index (χ0) is 17.8. The molecule has 0 spiro atoms. The third-order valence-electron chi connectivity index (χ3n) is 3.78. The molecule has 2 heterocycles. The van der Waals surface area contributed by atoms with E-state index in [1.54, 1.807) is 10.8 Å². The van der Waals surface area contributed by atoms with Crippen molar-refractivity contribution in [1.82, 2.24) is 25.5 Å². The number of nitrogens with one attached hydrogen (secondary N) is 1. The van der Waals surface area contributed by atoms with Gasteiger partial charge in [0.1, 0.15) is 0 Å². The molecule has 1 amide bonds.